The van der Waals surface area contributed by atoms with Gasteiger partial charge in [0.1, 0.15) is 0 Å². The predicted octanol–water partition coefficient (Wildman–Crippen LogP) is 7.34. The molecule has 1 unspecified atom stereocenters. The fourth-order valence-corrected chi connectivity index (χ4v) is 4.31. The number of allylic oxidation sites excluding steroid dienone is 2. The van der Waals surface area contributed by atoms with Gasteiger partial charge in [-0.2, -0.15) is 0 Å². The number of sulfonamides is 1. The molecule has 0 aliphatic carbocycles. The quantitative estimate of drug-likeness (QED) is 0.129. The summed E-state index contributed by atoms with van der Waals surface area (Å²) in [5, 5.41) is 0. The third-order valence-electron chi connectivity index (χ3n) is 5.93. The van der Waals surface area contributed by atoms with Crippen molar-refractivity contribution in [2.45, 2.75) is 129 Å². The van der Waals surface area contributed by atoms with Crippen LogP contribution in [0, 0.1) is 5.92 Å². The fraction of sp³-hybridized carbons (Fsp3) is 0.885. The smallest absolute Gasteiger partial charge is 0.209 e. The minimum atomic E-state index is -3.30. The van der Waals surface area contributed by atoms with Crippen LogP contribution in [0.5, 0.6) is 0 Å². The van der Waals surface area contributed by atoms with Crippen LogP contribution in [0.4, 0.5) is 0 Å². The van der Waals surface area contributed by atoms with Crippen LogP contribution in [-0.2, 0) is 14.8 Å². The first-order valence-corrected chi connectivity index (χ1v) is 14.9. The summed E-state index contributed by atoms with van der Waals surface area (Å²) < 4.78 is 24.8. The lowest BCUT2D eigenvalue weighted by molar-refractivity contribution is -0.122. The molecule has 5 heteroatoms. The van der Waals surface area contributed by atoms with Crippen LogP contribution in [-0.4, -0.2) is 27.0 Å². The van der Waals surface area contributed by atoms with Crippen LogP contribution in [0.25, 0.3) is 0 Å². The first kappa shape index (κ1) is 30.3. The van der Waals surface area contributed by atoms with Gasteiger partial charge >= 0.3 is 0 Å². The van der Waals surface area contributed by atoms with Crippen LogP contribution in [0.2, 0.25) is 0 Å². The first-order valence-electron chi connectivity index (χ1n) is 13.0. The van der Waals surface area contributed by atoms with Crippen molar-refractivity contribution in [3.63, 3.8) is 0 Å². The summed E-state index contributed by atoms with van der Waals surface area (Å²) in [4.78, 5) is 12.4. The Bertz CT molecular complexity index is 543. The molecule has 0 aromatic carbocycles. The van der Waals surface area contributed by atoms with Gasteiger partial charge in [0.2, 0.25) is 10.0 Å². The highest BCUT2D eigenvalue weighted by Gasteiger charge is 2.18. The van der Waals surface area contributed by atoms with Gasteiger partial charge in [-0.05, 0) is 38.5 Å². The van der Waals surface area contributed by atoms with Crippen LogP contribution < -0.4 is 4.72 Å². The Morgan fingerprint density at radius 1 is 0.710 bits per heavy atom. The molecule has 0 rings (SSSR count). The molecule has 1 N–H and O–H groups in total. The second-order valence-corrected chi connectivity index (χ2v) is 11.0. The van der Waals surface area contributed by atoms with E-state index in [4.69, 9.17) is 0 Å². The third-order valence-corrected chi connectivity index (χ3v) is 6.60. The Hall–Kier alpha value is -0.680. The van der Waals surface area contributed by atoms with E-state index < -0.39 is 10.0 Å². The highest BCUT2D eigenvalue weighted by Crippen LogP contribution is 2.19. The maximum Gasteiger partial charge on any atom is 0.209 e. The van der Waals surface area contributed by atoms with E-state index in [1.54, 1.807) is 0 Å². The summed E-state index contributed by atoms with van der Waals surface area (Å²) in [5.74, 6) is 0.0533. The molecule has 4 nitrogen and oxygen atoms in total. The number of carbonyl (C=O) groups excluding carboxylic acids is 1. The van der Waals surface area contributed by atoms with E-state index in [1.807, 2.05) is 0 Å². The van der Waals surface area contributed by atoms with Crippen molar-refractivity contribution in [2.24, 2.45) is 5.92 Å². The molecule has 0 aliphatic heterocycles. The van der Waals surface area contributed by atoms with Gasteiger partial charge in [-0.25, -0.2) is 13.1 Å². The van der Waals surface area contributed by atoms with Gasteiger partial charge in [-0.1, -0.05) is 103 Å². The molecule has 0 saturated heterocycles. The second-order valence-electron chi connectivity index (χ2n) is 9.13. The van der Waals surface area contributed by atoms with Gasteiger partial charge in [0.25, 0.3) is 0 Å². The Morgan fingerprint density at radius 2 is 1.16 bits per heavy atom. The summed E-state index contributed by atoms with van der Waals surface area (Å²) >= 11 is 0. The van der Waals surface area contributed by atoms with Crippen LogP contribution in [0.3, 0.4) is 0 Å². The molecule has 0 spiro atoms. The number of ketones is 1. The molecule has 0 saturated carbocycles. The average molecular weight is 458 g/mol. The highest BCUT2D eigenvalue weighted by atomic mass is 32.2. The van der Waals surface area contributed by atoms with Crippen molar-refractivity contribution >= 4 is 15.8 Å². The van der Waals surface area contributed by atoms with Gasteiger partial charge < -0.3 is 0 Å². The molecule has 1 atom stereocenters. The molecule has 0 aromatic heterocycles. The molecule has 0 bridgehead atoms. The van der Waals surface area contributed by atoms with Crippen LogP contribution in [0.15, 0.2) is 12.2 Å². The maximum absolute atomic E-state index is 12.4. The fourth-order valence-electron chi connectivity index (χ4n) is 3.90. The monoisotopic (exact) mass is 457 g/mol. The zero-order valence-electron chi connectivity index (χ0n) is 20.8. The van der Waals surface area contributed by atoms with Crippen LogP contribution in [0.1, 0.15) is 129 Å². The molecular formula is C26H51NO3S. The maximum atomic E-state index is 12.4. The van der Waals surface area contributed by atoms with E-state index in [0.717, 1.165) is 38.4 Å². The molecule has 0 radical (unpaired) electrons. The Balaban J connectivity index is 3.69. The minimum Gasteiger partial charge on any atom is -0.298 e. The van der Waals surface area contributed by atoms with Crippen molar-refractivity contribution < 1.29 is 13.2 Å². The summed E-state index contributed by atoms with van der Waals surface area (Å²) in [6, 6.07) is 0. The molecule has 0 amide bonds. The number of nitrogens with one attached hydrogen (secondary N) is 1. The molecular weight excluding hydrogens is 406 g/mol. The zero-order chi connectivity index (χ0) is 23.2. The summed E-state index contributed by atoms with van der Waals surface area (Å²) in [6.07, 6.45) is 27.7. The summed E-state index contributed by atoms with van der Waals surface area (Å²) in [5.41, 5.74) is 0. The van der Waals surface area contributed by atoms with Crippen molar-refractivity contribution in [1.82, 2.24) is 4.72 Å². The van der Waals surface area contributed by atoms with E-state index in [0.29, 0.717) is 0 Å². The van der Waals surface area contributed by atoms with Crippen molar-refractivity contribution in [2.75, 3.05) is 12.8 Å². The van der Waals surface area contributed by atoms with Gasteiger partial charge in [0, 0.05) is 5.92 Å². The van der Waals surface area contributed by atoms with Crippen molar-refractivity contribution in [3.05, 3.63) is 12.2 Å². The van der Waals surface area contributed by atoms with E-state index >= 15 is 0 Å². The Kier molecular flexibility index (Phi) is 20.7. The number of unbranched alkanes of at least 4 members (excludes halogenated alkanes) is 13. The SMILES string of the molecule is CCCCCCCC/C=C\CCCCCCCCC(CCCC)C(=O)CNS(C)(=O)=O. The lowest BCUT2D eigenvalue weighted by Crippen LogP contribution is -2.32. The van der Waals surface area contributed by atoms with Gasteiger partial charge in [-0.3, -0.25) is 4.79 Å². The predicted molar refractivity (Wildman–Crippen MR) is 135 cm³/mol. The first-order chi connectivity index (χ1) is 14.9. The minimum absolute atomic E-state index is 0.00554. The summed E-state index contributed by atoms with van der Waals surface area (Å²) in [6.45, 7) is 4.33. The molecule has 0 fully saturated rings. The lowest BCUT2D eigenvalue weighted by atomic mass is 9.91. The zero-order valence-corrected chi connectivity index (χ0v) is 21.6. The standard InChI is InChI=1S/C26H51NO3S/c1-4-6-8-9-10-11-12-13-14-15-16-17-18-19-20-21-23-25(22-7-5-2)26(28)24-27-31(3,29)30/h13-14,25,27H,4-12,15-24H2,1-3H3/b14-13-. The number of hydrogen-bond donors (Lipinski definition) is 1. The summed E-state index contributed by atoms with van der Waals surface area (Å²) in [7, 11) is -3.30. The number of rotatable bonds is 23. The van der Waals surface area contributed by atoms with Crippen molar-refractivity contribution in [1.29, 1.82) is 0 Å². The van der Waals surface area contributed by atoms with Gasteiger partial charge in [0.05, 0.1) is 12.8 Å². The Labute approximate surface area is 194 Å². The molecule has 184 valence electrons. The van der Waals surface area contributed by atoms with Crippen molar-refractivity contribution in [3.8, 4) is 0 Å². The largest absolute Gasteiger partial charge is 0.298 e. The second kappa shape index (κ2) is 21.2. The highest BCUT2D eigenvalue weighted by molar-refractivity contribution is 7.88. The number of carbonyl (C=O) groups is 1. The number of Topliss-reactive ketones (excluding diaryl/α,β-unsaturated/α-hetero) is 1. The Morgan fingerprint density at radius 3 is 1.68 bits per heavy atom. The number of hydrogen-bond acceptors (Lipinski definition) is 3. The van der Waals surface area contributed by atoms with E-state index in [1.165, 1.54) is 83.5 Å². The van der Waals surface area contributed by atoms with E-state index in [2.05, 4.69) is 30.7 Å². The van der Waals surface area contributed by atoms with E-state index in [9.17, 15) is 13.2 Å². The molecule has 31 heavy (non-hydrogen) atoms. The average Bonchev–Trinajstić information content (AvgIpc) is 2.73. The molecule has 0 aromatic rings. The van der Waals surface area contributed by atoms with Gasteiger partial charge in [-0.15, -0.1) is 0 Å². The topological polar surface area (TPSA) is 63.2 Å². The molecule has 0 heterocycles. The van der Waals surface area contributed by atoms with Gasteiger partial charge in [0.15, 0.2) is 5.78 Å². The lowest BCUT2D eigenvalue weighted by Gasteiger charge is -2.15. The van der Waals surface area contributed by atoms with E-state index in [-0.39, 0.29) is 18.2 Å². The third kappa shape index (κ3) is 22.3. The van der Waals surface area contributed by atoms with Crippen LogP contribution >= 0.6 is 0 Å². The molecule has 0 aliphatic rings. The normalized spacial score (nSPS) is 13.1.